The van der Waals surface area contributed by atoms with Crippen LogP contribution in [0.4, 0.5) is 0 Å². The van der Waals surface area contributed by atoms with Gasteiger partial charge in [0.15, 0.2) is 0 Å². The fourth-order valence-electron chi connectivity index (χ4n) is 2.96. The molecule has 1 saturated heterocycles. The van der Waals surface area contributed by atoms with Crippen LogP contribution in [0.5, 0.6) is 0 Å². The summed E-state index contributed by atoms with van der Waals surface area (Å²) in [5.74, 6) is -0.600. The van der Waals surface area contributed by atoms with Gasteiger partial charge in [-0.1, -0.05) is 48.8 Å². The van der Waals surface area contributed by atoms with Crippen LogP contribution in [-0.4, -0.2) is 30.0 Å². The molecule has 24 heavy (non-hydrogen) atoms. The first-order valence-corrected chi connectivity index (χ1v) is 8.78. The number of carbonyl (C=O) groups excluding carboxylic acids is 2. The summed E-state index contributed by atoms with van der Waals surface area (Å²) in [6.07, 6.45) is -0.357. The van der Waals surface area contributed by atoms with Gasteiger partial charge in [0.1, 0.15) is 0 Å². The average molecular weight is 397 g/mol. The van der Waals surface area contributed by atoms with E-state index in [0.717, 1.165) is 10.0 Å². The second-order valence-electron chi connectivity index (χ2n) is 7.56. The topological polar surface area (TPSA) is 58.6 Å². The second-order valence-corrected chi connectivity index (χ2v) is 8.48. The molecule has 1 aliphatic heterocycles. The minimum absolute atomic E-state index is 0.284. The van der Waals surface area contributed by atoms with Crippen molar-refractivity contribution in [2.75, 3.05) is 7.05 Å². The van der Waals surface area contributed by atoms with Crippen LogP contribution >= 0.6 is 15.9 Å². The fraction of sp³-hybridized carbons (Fsp3) is 0.556. The van der Waals surface area contributed by atoms with Crippen molar-refractivity contribution in [1.82, 2.24) is 10.4 Å². The molecule has 0 radical (unpaired) electrons. The molecule has 1 aromatic rings. The molecule has 1 aromatic carbocycles. The van der Waals surface area contributed by atoms with Gasteiger partial charge >= 0.3 is 0 Å². The highest BCUT2D eigenvalue weighted by Gasteiger charge is 2.55. The smallest absolute Gasteiger partial charge is 0.237 e. The molecule has 1 aliphatic rings. The molecule has 0 saturated carbocycles. The third kappa shape index (κ3) is 3.41. The minimum atomic E-state index is -0.885. The Morgan fingerprint density at radius 1 is 1.25 bits per heavy atom. The molecular formula is C18H25BrN2O3. The molecule has 2 amide bonds. The maximum atomic E-state index is 13.0. The number of carbonyl (C=O) groups is 2. The summed E-state index contributed by atoms with van der Waals surface area (Å²) in [4.78, 5) is 31.1. The lowest BCUT2D eigenvalue weighted by atomic mass is 9.74. The summed E-state index contributed by atoms with van der Waals surface area (Å²) in [5, 5.41) is 4.27. The summed E-state index contributed by atoms with van der Waals surface area (Å²) in [6.45, 7) is 9.05. The number of nitrogens with one attached hydrogen (secondary N) is 1. The highest BCUT2D eigenvalue weighted by molar-refractivity contribution is 9.10. The molecule has 1 fully saturated rings. The zero-order valence-electron chi connectivity index (χ0n) is 15.0. The normalized spacial score (nSPS) is 28.0. The minimum Gasteiger partial charge on any atom is -0.295 e. The standard InChI is InChI=1S/C18H25BrN2O3/c1-11-18(5,16(23)20-15(22)17(2,3)4)14(21(6)24-11)12-7-9-13(19)10-8-12/h7-11,14H,1-6H3,(H,20,22,23)/t11-,14-,18-/m1/s1. The number of amides is 2. The first-order valence-electron chi connectivity index (χ1n) is 7.99. The average Bonchev–Trinajstić information content (AvgIpc) is 2.70. The van der Waals surface area contributed by atoms with Crippen LogP contribution in [0.25, 0.3) is 0 Å². The van der Waals surface area contributed by atoms with E-state index in [-0.39, 0.29) is 24.0 Å². The van der Waals surface area contributed by atoms with Crippen molar-refractivity contribution < 1.29 is 14.4 Å². The highest BCUT2D eigenvalue weighted by atomic mass is 79.9. The van der Waals surface area contributed by atoms with E-state index in [9.17, 15) is 9.59 Å². The van der Waals surface area contributed by atoms with E-state index in [4.69, 9.17) is 4.84 Å². The van der Waals surface area contributed by atoms with Crippen molar-refractivity contribution in [1.29, 1.82) is 0 Å². The maximum absolute atomic E-state index is 13.0. The van der Waals surface area contributed by atoms with Crippen LogP contribution in [0.1, 0.15) is 46.2 Å². The lowest BCUT2D eigenvalue weighted by Gasteiger charge is -2.33. The predicted molar refractivity (Wildman–Crippen MR) is 95.9 cm³/mol. The number of rotatable bonds is 2. The van der Waals surface area contributed by atoms with Crippen LogP contribution < -0.4 is 5.32 Å². The van der Waals surface area contributed by atoms with Gasteiger partial charge in [0.05, 0.1) is 17.6 Å². The Labute approximate surface area is 151 Å². The number of hydroxylamine groups is 2. The van der Waals surface area contributed by atoms with Crippen molar-refractivity contribution in [2.24, 2.45) is 10.8 Å². The number of hydrogen-bond acceptors (Lipinski definition) is 4. The van der Waals surface area contributed by atoms with Gasteiger partial charge in [-0.25, -0.2) is 0 Å². The van der Waals surface area contributed by atoms with Gasteiger partial charge in [0, 0.05) is 16.9 Å². The maximum Gasteiger partial charge on any atom is 0.237 e. The fourth-order valence-corrected chi connectivity index (χ4v) is 3.22. The molecule has 0 spiro atoms. The third-order valence-corrected chi connectivity index (χ3v) is 5.21. The third-order valence-electron chi connectivity index (χ3n) is 4.68. The van der Waals surface area contributed by atoms with Gasteiger partial charge in [-0.2, -0.15) is 5.06 Å². The van der Waals surface area contributed by atoms with Crippen LogP contribution in [0.2, 0.25) is 0 Å². The van der Waals surface area contributed by atoms with Crippen molar-refractivity contribution >= 4 is 27.7 Å². The molecule has 3 atom stereocenters. The molecular weight excluding hydrogens is 372 g/mol. The summed E-state index contributed by atoms with van der Waals surface area (Å²) >= 11 is 3.42. The van der Waals surface area contributed by atoms with Crippen LogP contribution in [0.15, 0.2) is 28.7 Å². The van der Waals surface area contributed by atoms with Crippen LogP contribution in [0, 0.1) is 10.8 Å². The molecule has 0 unspecified atom stereocenters. The Morgan fingerprint density at radius 2 is 1.79 bits per heavy atom. The van der Waals surface area contributed by atoms with E-state index >= 15 is 0 Å². The van der Waals surface area contributed by atoms with E-state index in [1.54, 1.807) is 25.8 Å². The predicted octanol–water partition coefficient (Wildman–Crippen LogP) is 3.45. The zero-order valence-corrected chi connectivity index (χ0v) is 16.6. The van der Waals surface area contributed by atoms with Gasteiger partial charge in [0.25, 0.3) is 0 Å². The second kappa shape index (κ2) is 6.58. The molecule has 2 rings (SSSR count). The van der Waals surface area contributed by atoms with Crippen molar-refractivity contribution in [3.63, 3.8) is 0 Å². The van der Waals surface area contributed by atoms with Crippen molar-refractivity contribution in [3.05, 3.63) is 34.3 Å². The van der Waals surface area contributed by atoms with E-state index < -0.39 is 10.8 Å². The van der Waals surface area contributed by atoms with E-state index in [1.165, 1.54) is 0 Å². The lowest BCUT2D eigenvalue weighted by molar-refractivity contribution is -0.145. The summed E-state index contributed by atoms with van der Waals surface area (Å²) < 4.78 is 0.968. The van der Waals surface area contributed by atoms with Crippen LogP contribution in [-0.2, 0) is 14.4 Å². The van der Waals surface area contributed by atoms with Gasteiger partial charge in [-0.3, -0.25) is 19.7 Å². The number of halogens is 1. The first kappa shape index (κ1) is 19.1. The van der Waals surface area contributed by atoms with Crippen molar-refractivity contribution in [2.45, 2.75) is 46.8 Å². The molecule has 6 heteroatoms. The monoisotopic (exact) mass is 396 g/mol. The number of nitrogens with zero attached hydrogens (tertiary/aromatic N) is 1. The Kier molecular flexibility index (Phi) is 5.23. The SMILES string of the molecule is C[C@H]1ON(C)[C@H](c2ccc(Br)cc2)[C@]1(C)C(=O)NC(=O)C(C)(C)C. The quantitative estimate of drug-likeness (QED) is 0.831. The van der Waals surface area contributed by atoms with Crippen LogP contribution in [0.3, 0.4) is 0 Å². The Bertz CT molecular complexity index is 639. The highest BCUT2D eigenvalue weighted by Crippen LogP contribution is 2.48. The molecule has 1 heterocycles. The van der Waals surface area contributed by atoms with Gasteiger partial charge in [-0.05, 0) is 31.5 Å². The van der Waals surface area contributed by atoms with Crippen molar-refractivity contribution in [3.8, 4) is 0 Å². The summed E-state index contributed by atoms with van der Waals surface area (Å²) in [7, 11) is 1.81. The Balaban J connectivity index is 2.37. The zero-order chi connectivity index (χ0) is 18.3. The summed E-state index contributed by atoms with van der Waals surface area (Å²) in [5.41, 5.74) is -0.553. The molecule has 0 aromatic heterocycles. The van der Waals surface area contributed by atoms with Gasteiger partial charge in [0.2, 0.25) is 11.8 Å². The van der Waals surface area contributed by atoms with E-state index in [2.05, 4.69) is 21.2 Å². The molecule has 0 aliphatic carbocycles. The summed E-state index contributed by atoms with van der Waals surface area (Å²) in [6, 6.07) is 7.51. The van der Waals surface area contributed by atoms with Gasteiger partial charge < -0.3 is 0 Å². The molecule has 1 N–H and O–H groups in total. The first-order chi connectivity index (χ1) is 11.0. The van der Waals surface area contributed by atoms with Gasteiger partial charge in [-0.15, -0.1) is 0 Å². The Morgan fingerprint density at radius 3 is 2.29 bits per heavy atom. The molecule has 5 nitrogen and oxygen atoms in total. The Hall–Kier alpha value is -1.24. The lowest BCUT2D eigenvalue weighted by Crippen LogP contribution is -2.51. The molecule has 0 bridgehead atoms. The molecule has 132 valence electrons. The number of benzene rings is 1. The van der Waals surface area contributed by atoms with E-state index in [0.29, 0.717) is 0 Å². The largest absolute Gasteiger partial charge is 0.295 e. The number of imide groups is 1. The van der Waals surface area contributed by atoms with E-state index in [1.807, 2.05) is 45.2 Å². The number of hydrogen-bond donors (Lipinski definition) is 1.